The zero-order chi connectivity index (χ0) is 6.12. The largest absolute Gasteiger partial charge is 0.397 e. The fraction of sp³-hybridized carbons (Fsp3) is 1.00. The Kier molecular flexibility index (Phi) is 56.6. The van der Waals surface area contributed by atoms with E-state index >= 15 is 0 Å². The average molecular weight is 124 g/mol. The first-order valence-electron chi connectivity index (χ1n) is 2.25. The second kappa shape index (κ2) is 28.9. The summed E-state index contributed by atoms with van der Waals surface area (Å²) >= 11 is 0. The third-order valence-corrected chi connectivity index (χ3v) is 0.129. The quantitative estimate of drug-likeness (QED) is 0.363. The van der Waals surface area contributed by atoms with Gasteiger partial charge in [0.05, 0.1) is 6.61 Å². The predicted molar refractivity (Wildman–Crippen MR) is 33.9 cm³/mol. The summed E-state index contributed by atoms with van der Waals surface area (Å²) in [5.74, 6) is 0. The first-order chi connectivity index (χ1) is 3.33. The standard InChI is InChI=1S/C2H7NO.C2H6O.H3N/c3-1-2-4;1-2-3;/h4H,1-3H2;3H,2H2,1H3;1H3. The molecule has 0 unspecified atom stereocenters. The molecule has 0 saturated carbocycles. The van der Waals surface area contributed by atoms with Crippen LogP contribution in [0.2, 0.25) is 0 Å². The maximum absolute atomic E-state index is 7.75. The van der Waals surface area contributed by atoms with Gasteiger partial charge in [-0.2, -0.15) is 0 Å². The topological polar surface area (TPSA) is 101 Å². The minimum atomic E-state index is 0. The number of hydrogen-bond acceptors (Lipinski definition) is 4. The molecule has 0 aromatic heterocycles. The van der Waals surface area contributed by atoms with Crippen LogP contribution in [0.15, 0.2) is 0 Å². The van der Waals surface area contributed by atoms with Crippen LogP contribution >= 0.6 is 0 Å². The molecule has 0 aromatic rings. The second-order valence-electron chi connectivity index (χ2n) is 0.829. The van der Waals surface area contributed by atoms with E-state index in [-0.39, 0.29) is 19.4 Å². The molecule has 54 valence electrons. The van der Waals surface area contributed by atoms with Crippen LogP contribution in [-0.2, 0) is 0 Å². The molecule has 0 aliphatic rings. The molecule has 0 saturated heterocycles. The van der Waals surface area contributed by atoms with E-state index in [0.717, 1.165) is 0 Å². The summed E-state index contributed by atoms with van der Waals surface area (Å²) in [4.78, 5) is 0. The molecule has 0 heterocycles. The molecule has 0 bridgehead atoms. The molecule has 0 amide bonds. The lowest BCUT2D eigenvalue weighted by molar-refractivity contribution is 0.306. The van der Waals surface area contributed by atoms with Crippen molar-refractivity contribution in [1.82, 2.24) is 6.15 Å². The summed E-state index contributed by atoms with van der Waals surface area (Å²) in [7, 11) is 0. The maximum Gasteiger partial charge on any atom is 0.0553 e. The first-order valence-corrected chi connectivity index (χ1v) is 2.25. The lowest BCUT2D eigenvalue weighted by Gasteiger charge is -1.71. The van der Waals surface area contributed by atoms with Crippen molar-refractivity contribution in [2.75, 3.05) is 19.8 Å². The predicted octanol–water partition coefficient (Wildman–Crippen LogP) is -0.902. The van der Waals surface area contributed by atoms with Gasteiger partial charge in [0, 0.05) is 13.2 Å². The molecule has 0 aromatic carbocycles. The van der Waals surface area contributed by atoms with Crippen molar-refractivity contribution in [3.63, 3.8) is 0 Å². The molecule has 0 atom stereocenters. The van der Waals surface area contributed by atoms with Crippen molar-refractivity contribution >= 4 is 0 Å². The Morgan fingerprint density at radius 1 is 1.38 bits per heavy atom. The molecule has 0 aliphatic heterocycles. The average Bonchev–Trinajstić information content (AvgIpc) is 1.69. The van der Waals surface area contributed by atoms with Gasteiger partial charge in [-0.15, -0.1) is 0 Å². The summed E-state index contributed by atoms with van der Waals surface area (Å²) in [5, 5.41) is 15.3. The highest BCUT2D eigenvalue weighted by molar-refractivity contribution is 4.17. The van der Waals surface area contributed by atoms with Crippen LogP contribution < -0.4 is 11.9 Å². The molecule has 0 rings (SSSR count). The summed E-state index contributed by atoms with van der Waals surface area (Å²) in [6.45, 7) is 2.40. The van der Waals surface area contributed by atoms with Crippen LogP contribution in [0.25, 0.3) is 0 Å². The molecule has 0 aliphatic carbocycles. The highest BCUT2D eigenvalue weighted by Gasteiger charge is 1.56. The van der Waals surface area contributed by atoms with Gasteiger partial charge in [0.15, 0.2) is 0 Å². The fourth-order valence-corrected chi connectivity index (χ4v) is 0. The van der Waals surface area contributed by atoms with Crippen molar-refractivity contribution in [3.05, 3.63) is 0 Å². The van der Waals surface area contributed by atoms with Gasteiger partial charge in [-0.1, -0.05) is 0 Å². The zero-order valence-electron chi connectivity index (χ0n) is 5.30. The fourth-order valence-electron chi connectivity index (χ4n) is 0. The number of nitrogens with two attached hydrogens (primary N) is 1. The minimum absolute atomic E-state index is 0. The van der Waals surface area contributed by atoms with Crippen molar-refractivity contribution in [1.29, 1.82) is 0 Å². The lowest BCUT2D eigenvalue weighted by Crippen LogP contribution is -2.02. The van der Waals surface area contributed by atoms with Gasteiger partial charge in [0.1, 0.15) is 0 Å². The molecule has 0 radical (unpaired) electrons. The maximum atomic E-state index is 7.75. The number of aliphatic hydroxyl groups excluding tert-OH is 2. The molecule has 8 heavy (non-hydrogen) atoms. The number of rotatable bonds is 1. The van der Waals surface area contributed by atoms with Crippen LogP contribution in [-0.4, -0.2) is 30.0 Å². The van der Waals surface area contributed by atoms with Crippen molar-refractivity contribution < 1.29 is 10.2 Å². The highest BCUT2D eigenvalue weighted by atomic mass is 16.3. The van der Waals surface area contributed by atoms with Crippen molar-refractivity contribution in [3.8, 4) is 0 Å². The van der Waals surface area contributed by atoms with Gasteiger partial charge in [0.25, 0.3) is 0 Å². The van der Waals surface area contributed by atoms with Gasteiger partial charge in [-0.05, 0) is 6.92 Å². The van der Waals surface area contributed by atoms with E-state index in [1.807, 2.05) is 0 Å². The van der Waals surface area contributed by atoms with Crippen LogP contribution in [0.3, 0.4) is 0 Å². The molecular weight excluding hydrogens is 108 g/mol. The summed E-state index contributed by atoms with van der Waals surface area (Å²) in [6.07, 6.45) is 0. The van der Waals surface area contributed by atoms with Gasteiger partial charge < -0.3 is 22.1 Å². The molecule has 0 fully saturated rings. The Labute approximate surface area is 49.9 Å². The SMILES string of the molecule is CCO.N.NCCO. The summed E-state index contributed by atoms with van der Waals surface area (Å²) < 4.78 is 0. The van der Waals surface area contributed by atoms with E-state index in [1.54, 1.807) is 6.92 Å². The molecular formula is C4H16N2O2. The molecule has 0 spiro atoms. The Morgan fingerprint density at radius 3 is 1.50 bits per heavy atom. The summed E-state index contributed by atoms with van der Waals surface area (Å²) in [5.41, 5.74) is 4.78. The van der Waals surface area contributed by atoms with Gasteiger partial charge in [-0.3, -0.25) is 0 Å². The van der Waals surface area contributed by atoms with Crippen molar-refractivity contribution in [2.24, 2.45) is 5.73 Å². The first kappa shape index (κ1) is 15.7. The van der Waals surface area contributed by atoms with Crippen LogP contribution in [0.1, 0.15) is 6.92 Å². The van der Waals surface area contributed by atoms with Gasteiger partial charge in [0.2, 0.25) is 0 Å². The van der Waals surface area contributed by atoms with E-state index in [2.05, 4.69) is 0 Å². The zero-order valence-corrected chi connectivity index (χ0v) is 5.30. The summed E-state index contributed by atoms with van der Waals surface area (Å²) in [6, 6.07) is 0. The highest BCUT2D eigenvalue weighted by Crippen LogP contribution is 1.33. The monoisotopic (exact) mass is 124 g/mol. The minimum Gasteiger partial charge on any atom is -0.397 e. The van der Waals surface area contributed by atoms with E-state index in [9.17, 15) is 0 Å². The van der Waals surface area contributed by atoms with E-state index in [4.69, 9.17) is 15.9 Å². The molecule has 7 N–H and O–H groups in total. The molecule has 4 heteroatoms. The Hall–Kier alpha value is -0.160. The Morgan fingerprint density at radius 2 is 1.50 bits per heavy atom. The Bertz CT molecular complexity index is 19.5. The number of aliphatic hydroxyl groups is 2. The van der Waals surface area contributed by atoms with E-state index < -0.39 is 0 Å². The van der Waals surface area contributed by atoms with E-state index in [0.29, 0.717) is 6.54 Å². The third kappa shape index (κ3) is 194. The van der Waals surface area contributed by atoms with Crippen LogP contribution in [0.4, 0.5) is 0 Å². The second-order valence-corrected chi connectivity index (χ2v) is 0.829. The number of hydrogen-bond donors (Lipinski definition) is 4. The Balaban J connectivity index is -0.0000000575. The van der Waals surface area contributed by atoms with Crippen molar-refractivity contribution in [2.45, 2.75) is 6.92 Å². The molecule has 4 nitrogen and oxygen atoms in total. The van der Waals surface area contributed by atoms with Gasteiger partial charge >= 0.3 is 0 Å². The normalized spacial score (nSPS) is 6.00. The lowest BCUT2D eigenvalue weighted by atomic mass is 10.8. The smallest absolute Gasteiger partial charge is 0.0553 e. The van der Waals surface area contributed by atoms with Gasteiger partial charge in [-0.25, -0.2) is 0 Å². The third-order valence-electron chi connectivity index (χ3n) is 0.129. The van der Waals surface area contributed by atoms with Crippen LogP contribution in [0, 0.1) is 0 Å². The van der Waals surface area contributed by atoms with Crippen LogP contribution in [0.5, 0.6) is 0 Å². The van der Waals surface area contributed by atoms with E-state index in [1.165, 1.54) is 0 Å².